The highest BCUT2D eigenvalue weighted by molar-refractivity contribution is 7.91. The van der Waals surface area contributed by atoms with Crippen molar-refractivity contribution < 1.29 is 12.6 Å². The summed E-state index contributed by atoms with van der Waals surface area (Å²) >= 11 is 0. The summed E-state index contributed by atoms with van der Waals surface area (Å²) in [5.41, 5.74) is 0. The number of nitrogens with one attached hydrogen (secondary N) is 1. The molecular weight excluding hydrogens is 234 g/mol. The largest absolute Gasteiger partial charge is 0.317 e. The average molecular weight is 255 g/mol. The Morgan fingerprint density at radius 3 is 2.33 bits per heavy atom. The van der Waals surface area contributed by atoms with Crippen molar-refractivity contribution in [3.63, 3.8) is 0 Å². The smallest absolute Gasteiger partial charge is 0.150 e. The van der Waals surface area contributed by atoms with Gasteiger partial charge in [0.2, 0.25) is 0 Å². The van der Waals surface area contributed by atoms with Crippen molar-refractivity contribution in [3.8, 4) is 0 Å². The molecule has 6 heteroatoms. The van der Waals surface area contributed by atoms with Gasteiger partial charge in [-0.15, -0.1) is 0 Å². The molecule has 92 valence electrons. The Hall–Kier alpha value is 0.0600. The normalized spacial score (nSPS) is 14.0. The summed E-state index contributed by atoms with van der Waals surface area (Å²) < 4.78 is 32.9. The lowest BCUT2D eigenvalue weighted by Gasteiger charge is -2.03. The second kappa shape index (κ2) is 8.24. The van der Waals surface area contributed by atoms with Crippen molar-refractivity contribution in [2.45, 2.75) is 19.8 Å². The molecule has 0 aromatic carbocycles. The molecule has 0 rings (SSSR count). The molecule has 15 heavy (non-hydrogen) atoms. The van der Waals surface area contributed by atoms with Gasteiger partial charge in [-0.1, -0.05) is 6.92 Å². The minimum Gasteiger partial charge on any atom is -0.317 e. The third kappa shape index (κ3) is 10.3. The molecular formula is C9H21NO3S2. The monoisotopic (exact) mass is 255 g/mol. The fraction of sp³-hybridized carbons (Fsp3) is 1.00. The SMILES string of the molecule is CCS(=O)(=O)CCCNCCCS(C)=O. The molecule has 0 radical (unpaired) electrons. The summed E-state index contributed by atoms with van der Waals surface area (Å²) in [5.74, 6) is 1.19. The Balaban J connectivity index is 3.29. The topological polar surface area (TPSA) is 63.2 Å². The Labute approximate surface area is 95.2 Å². The molecule has 0 saturated carbocycles. The summed E-state index contributed by atoms with van der Waals surface area (Å²) in [6, 6.07) is 0. The second-order valence-electron chi connectivity index (χ2n) is 3.47. The van der Waals surface area contributed by atoms with Crippen LogP contribution < -0.4 is 5.32 Å². The Bertz CT molecular complexity index is 275. The molecule has 1 N–H and O–H groups in total. The fourth-order valence-electron chi connectivity index (χ4n) is 1.09. The predicted octanol–water partition coefficient (Wildman–Crippen LogP) is 0.169. The molecule has 0 spiro atoms. The van der Waals surface area contributed by atoms with Crippen molar-refractivity contribution in [2.24, 2.45) is 0 Å². The molecule has 0 saturated heterocycles. The van der Waals surface area contributed by atoms with Crippen LogP contribution in [0.1, 0.15) is 19.8 Å². The van der Waals surface area contributed by atoms with E-state index in [4.69, 9.17) is 0 Å². The van der Waals surface area contributed by atoms with Crippen molar-refractivity contribution in [1.29, 1.82) is 0 Å². The van der Waals surface area contributed by atoms with Crippen LogP contribution in [0, 0.1) is 0 Å². The Morgan fingerprint density at radius 1 is 1.20 bits per heavy atom. The van der Waals surface area contributed by atoms with E-state index >= 15 is 0 Å². The van der Waals surface area contributed by atoms with Gasteiger partial charge in [-0.05, 0) is 25.9 Å². The fourth-order valence-corrected chi connectivity index (χ4v) is 2.51. The van der Waals surface area contributed by atoms with E-state index < -0.39 is 20.6 Å². The maximum absolute atomic E-state index is 11.1. The number of sulfone groups is 1. The van der Waals surface area contributed by atoms with Crippen LogP contribution in [-0.4, -0.2) is 49.2 Å². The van der Waals surface area contributed by atoms with Gasteiger partial charge in [0, 0.05) is 28.6 Å². The van der Waals surface area contributed by atoms with Crippen molar-refractivity contribution in [1.82, 2.24) is 5.32 Å². The highest BCUT2D eigenvalue weighted by atomic mass is 32.2. The van der Waals surface area contributed by atoms with E-state index in [0.29, 0.717) is 12.2 Å². The van der Waals surface area contributed by atoms with Gasteiger partial charge in [0.25, 0.3) is 0 Å². The number of hydrogen-bond donors (Lipinski definition) is 1. The lowest BCUT2D eigenvalue weighted by Crippen LogP contribution is -2.21. The van der Waals surface area contributed by atoms with Crippen molar-refractivity contribution in [3.05, 3.63) is 0 Å². The van der Waals surface area contributed by atoms with Gasteiger partial charge in [0.05, 0.1) is 5.75 Å². The van der Waals surface area contributed by atoms with E-state index in [-0.39, 0.29) is 11.5 Å². The van der Waals surface area contributed by atoms with Crippen LogP contribution >= 0.6 is 0 Å². The van der Waals surface area contributed by atoms with Gasteiger partial charge in [-0.25, -0.2) is 8.42 Å². The van der Waals surface area contributed by atoms with Crippen LogP contribution in [0.5, 0.6) is 0 Å². The quantitative estimate of drug-likeness (QED) is 0.597. The molecule has 0 amide bonds. The molecule has 0 heterocycles. The molecule has 0 bridgehead atoms. The van der Waals surface area contributed by atoms with E-state index in [1.807, 2.05) is 0 Å². The zero-order valence-electron chi connectivity index (χ0n) is 9.49. The summed E-state index contributed by atoms with van der Waals surface area (Å²) in [6.45, 7) is 3.20. The Morgan fingerprint density at radius 2 is 1.80 bits per heavy atom. The summed E-state index contributed by atoms with van der Waals surface area (Å²) in [6.07, 6.45) is 3.23. The first-order valence-electron chi connectivity index (χ1n) is 5.19. The maximum atomic E-state index is 11.1. The van der Waals surface area contributed by atoms with Crippen LogP contribution in [0.4, 0.5) is 0 Å². The first-order chi connectivity index (χ1) is 6.98. The Kier molecular flexibility index (Phi) is 8.27. The van der Waals surface area contributed by atoms with Crippen LogP contribution in [-0.2, 0) is 20.6 Å². The summed E-state index contributed by atoms with van der Waals surface area (Å²) in [7, 11) is -3.54. The first kappa shape index (κ1) is 15.1. The van der Waals surface area contributed by atoms with Crippen LogP contribution in [0.3, 0.4) is 0 Å². The summed E-state index contributed by atoms with van der Waals surface area (Å²) in [4.78, 5) is 0. The third-order valence-electron chi connectivity index (χ3n) is 2.03. The van der Waals surface area contributed by atoms with Crippen LogP contribution in [0.15, 0.2) is 0 Å². The van der Waals surface area contributed by atoms with E-state index in [1.165, 1.54) is 0 Å². The standard InChI is InChI=1S/C9H21NO3S2/c1-3-15(12,13)9-5-7-10-6-4-8-14(2)11/h10H,3-9H2,1-2H3. The van der Waals surface area contributed by atoms with Gasteiger partial charge in [0.15, 0.2) is 0 Å². The zero-order valence-corrected chi connectivity index (χ0v) is 11.1. The molecule has 0 fully saturated rings. The number of hydrogen-bond acceptors (Lipinski definition) is 4. The van der Waals surface area contributed by atoms with E-state index in [1.54, 1.807) is 13.2 Å². The minimum atomic E-state index is -2.81. The van der Waals surface area contributed by atoms with E-state index in [2.05, 4.69) is 5.32 Å². The molecule has 0 aromatic heterocycles. The van der Waals surface area contributed by atoms with Crippen LogP contribution in [0.25, 0.3) is 0 Å². The average Bonchev–Trinajstić information content (AvgIpc) is 2.16. The van der Waals surface area contributed by atoms with Gasteiger partial charge in [-0.2, -0.15) is 0 Å². The molecule has 0 aromatic rings. The minimum absolute atomic E-state index is 0.224. The lowest BCUT2D eigenvalue weighted by molar-refractivity contribution is 0.589. The van der Waals surface area contributed by atoms with Gasteiger partial charge in [0.1, 0.15) is 9.84 Å². The maximum Gasteiger partial charge on any atom is 0.150 e. The number of rotatable bonds is 9. The first-order valence-corrected chi connectivity index (χ1v) is 8.74. The van der Waals surface area contributed by atoms with E-state index in [9.17, 15) is 12.6 Å². The van der Waals surface area contributed by atoms with Gasteiger partial charge >= 0.3 is 0 Å². The van der Waals surface area contributed by atoms with Gasteiger partial charge < -0.3 is 5.32 Å². The molecule has 4 nitrogen and oxygen atoms in total. The lowest BCUT2D eigenvalue weighted by atomic mass is 10.4. The zero-order chi connectivity index (χ0) is 11.7. The molecule has 0 aliphatic carbocycles. The molecule has 0 aliphatic heterocycles. The van der Waals surface area contributed by atoms with E-state index in [0.717, 1.165) is 19.5 Å². The molecule has 1 atom stereocenters. The van der Waals surface area contributed by atoms with Crippen molar-refractivity contribution in [2.75, 3.05) is 36.6 Å². The van der Waals surface area contributed by atoms with Gasteiger partial charge in [-0.3, -0.25) is 4.21 Å². The highest BCUT2D eigenvalue weighted by Gasteiger charge is 2.05. The summed E-state index contributed by atoms with van der Waals surface area (Å²) in [5, 5.41) is 3.14. The predicted molar refractivity (Wildman–Crippen MR) is 65.4 cm³/mol. The highest BCUT2D eigenvalue weighted by Crippen LogP contribution is 1.92. The van der Waals surface area contributed by atoms with Crippen LogP contribution in [0.2, 0.25) is 0 Å². The van der Waals surface area contributed by atoms with Crippen molar-refractivity contribution >= 4 is 20.6 Å². The molecule has 0 aliphatic rings. The second-order valence-corrected chi connectivity index (χ2v) is 7.50. The third-order valence-corrected chi connectivity index (χ3v) is 4.69. The molecule has 1 unspecified atom stereocenters.